The first-order valence-corrected chi connectivity index (χ1v) is 9.97. The highest BCUT2D eigenvalue weighted by Gasteiger charge is 2.20. The quantitative estimate of drug-likeness (QED) is 0.743. The predicted octanol–water partition coefficient (Wildman–Crippen LogP) is 2.50. The molecule has 26 heavy (non-hydrogen) atoms. The molecule has 0 saturated carbocycles. The zero-order valence-electron chi connectivity index (χ0n) is 15.3. The molecule has 138 valence electrons. The van der Waals surface area contributed by atoms with Gasteiger partial charge in [0.2, 0.25) is 0 Å². The normalized spacial score (nSPS) is 11.8. The zero-order chi connectivity index (χ0) is 19.1. The predicted molar refractivity (Wildman–Crippen MR) is 101 cm³/mol. The van der Waals surface area contributed by atoms with Gasteiger partial charge in [0, 0.05) is 19.2 Å². The molecule has 0 unspecified atom stereocenters. The first-order valence-electron chi connectivity index (χ1n) is 8.49. The van der Waals surface area contributed by atoms with E-state index in [-0.39, 0.29) is 10.5 Å². The van der Waals surface area contributed by atoms with Crippen molar-refractivity contribution in [3.05, 3.63) is 57.8 Å². The molecule has 8 heteroatoms. The van der Waals surface area contributed by atoms with Crippen LogP contribution in [0, 0.1) is 13.8 Å². The summed E-state index contributed by atoms with van der Waals surface area (Å²) >= 11 is 0. The molecule has 7 nitrogen and oxygen atoms in total. The van der Waals surface area contributed by atoms with E-state index in [0.717, 1.165) is 11.1 Å². The third-order valence-electron chi connectivity index (χ3n) is 4.31. The number of aryl methyl sites for hydroxylation is 4. The van der Waals surface area contributed by atoms with Gasteiger partial charge in [-0.1, -0.05) is 24.6 Å². The largest absolute Gasteiger partial charge is 0.297 e. The van der Waals surface area contributed by atoms with E-state index in [9.17, 15) is 13.2 Å². The summed E-state index contributed by atoms with van der Waals surface area (Å²) in [6.45, 7) is 7.96. The fourth-order valence-electron chi connectivity index (χ4n) is 2.92. The highest BCUT2D eigenvalue weighted by Crippen LogP contribution is 2.22. The van der Waals surface area contributed by atoms with Gasteiger partial charge >= 0.3 is 0 Å². The van der Waals surface area contributed by atoms with Crippen molar-refractivity contribution < 1.29 is 8.42 Å². The summed E-state index contributed by atoms with van der Waals surface area (Å²) in [7, 11) is -3.82. The van der Waals surface area contributed by atoms with E-state index in [1.165, 1.54) is 16.9 Å². The van der Waals surface area contributed by atoms with Crippen LogP contribution in [0.25, 0.3) is 5.52 Å². The van der Waals surface area contributed by atoms with E-state index in [2.05, 4.69) is 9.82 Å². The van der Waals surface area contributed by atoms with Crippen molar-refractivity contribution in [1.82, 2.24) is 14.2 Å². The number of fused-ring (bicyclic) bond motifs is 1. The van der Waals surface area contributed by atoms with Crippen LogP contribution in [0.4, 0.5) is 5.69 Å². The maximum absolute atomic E-state index is 12.8. The Morgan fingerprint density at radius 2 is 1.88 bits per heavy atom. The number of rotatable bonds is 5. The molecule has 0 amide bonds. The second-order valence-electron chi connectivity index (χ2n) is 6.25. The third-order valence-corrected chi connectivity index (χ3v) is 5.65. The summed E-state index contributed by atoms with van der Waals surface area (Å²) in [6, 6.07) is 6.90. The van der Waals surface area contributed by atoms with E-state index in [0.29, 0.717) is 30.0 Å². The molecule has 3 aromatic rings. The van der Waals surface area contributed by atoms with Crippen LogP contribution in [0.1, 0.15) is 30.8 Å². The second kappa shape index (κ2) is 6.60. The number of nitrogens with one attached hydrogen (secondary N) is 1. The molecule has 0 spiro atoms. The minimum absolute atomic E-state index is 0.0416. The number of benzene rings is 1. The van der Waals surface area contributed by atoms with Crippen molar-refractivity contribution in [3.8, 4) is 0 Å². The number of aromatic nitrogens is 3. The van der Waals surface area contributed by atoms with Gasteiger partial charge in [0.05, 0.1) is 5.69 Å². The molecule has 1 N–H and O–H groups in total. The van der Waals surface area contributed by atoms with Gasteiger partial charge in [-0.3, -0.25) is 13.9 Å². The lowest BCUT2D eigenvalue weighted by molar-refractivity contribution is 0.583. The molecule has 3 rings (SSSR count). The first-order chi connectivity index (χ1) is 12.3. The van der Waals surface area contributed by atoms with Crippen LogP contribution in [-0.4, -0.2) is 22.6 Å². The Morgan fingerprint density at radius 3 is 2.50 bits per heavy atom. The minimum atomic E-state index is -3.82. The molecule has 0 saturated heterocycles. The molecule has 0 radical (unpaired) electrons. The summed E-state index contributed by atoms with van der Waals surface area (Å²) in [6.07, 6.45) is 2.03. The van der Waals surface area contributed by atoms with Crippen LogP contribution in [0.15, 0.2) is 40.2 Å². The second-order valence-corrected chi connectivity index (χ2v) is 7.93. The summed E-state index contributed by atoms with van der Waals surface area (Å²) < 4.78 is 31.2. The van der Waals surface area contributed by atoms with Crippen LogP contribution >= 0.6 is 0 Å². The Kier molecular flexibility index (Phi) is 4.62. The summed E-state index contributed by atoms with van der Waals surface area (Å²) in [4.78, 5) is 12.5. The molecule has 0 aliphatic heterocycles. The van der Waals surface area contributed by atoms with Gasteiger partial charge in [-0.25, -0.2) is 13.1 Å². The molecular formula is C18H22N4O3S. The van der Waals surface area contributed by atoms with E-state index in [1.807, 2.05) is 39.8 Å². The SMILES string of the molecule is CCc1nn(CC)c(=O)c2cc(S(=O)(=O)Nc3ccc(C)cc3C)cn12. The fraction of sp³-hybridized carbons (Fsp3) is 0.333. The Labute approximate surface area is 152 Å². The lowest BCUT2D eigenvalue weighted by Crippen LogP contribution is -2.26. The lowest BCUT2D eigenvalue weighted by Gasteiger charge is -2.10. The highest BCUT2D eigenvalue weighted by atomic mass is 32.2. The zero-order valence-corrected chi connectivity index (χ0v) is 16.1. The van der Waals surface area contributed by atoms with Crippen molar-refractivity contribution in [3.63, 3.8) is 0 Å². The topological polar surface area (TPSA) is 85.5 Å². The Morgan fingerprint density at radius 1 is 1.15 bits per heavy atom. The molecule has 0 bridgehead atoms. The van der Waals surface area contributed by atoms with Crippen molar-refractivity contribution in [2.75, 3.05) is 4.72 Å². The van der Waals surface area contributed by atoms with Crippen molar-refractivity contribution in [2.45, 2.75) is 45.6 Å². The molecule has 0 aliphatic rings. The molecule has 0 atom stereocenters. The number of hydrogen-bond acceptors (Lipinski definition) is 4. The first kappa shape index (κ1) is 18.2. The van der Waals surface area contributed by atoms with Gasteiger partial charge in [0.15, 0.2) is 0 Å². The monoisotopic (exact) mass is 374 g/mol. The van der Waals surface area contributed by atoms with E-state index in [1.54, 1.807) is 10.5 Å². The van der Waals surface area contributed by atoms with E-state index >= 15 is 0 Å². The number of hydrogen-bond donors (Lipinski definition) is 1. The van der Waals surface area contributed by atoms with Gasteiger partial charge in [-0.15, -0.1) is 0 Å². The highest BCUT2D eigenvalue weighted by molar-refractivity contribution is 7.92. The Bertz CT molecular complexity index is 1140. The lowest BCUT2D eigenvalue weighted by atomic mass is 10.1. The van der Waals surface area contributed by atoms with Crippen LogP contribution < -0.4 is 10.3 Å². The van der Waals surface area contributed by atoms with E-state index in [4.69, 9.17) is 0 Å². The Hall–Kier alpha value is -2.61. The van der Waals surface area contributed by atoms with Crippen LogP contribution in [-0.2, 0) is 23.0 Å². The number of sulfonamides is 1. The fourth-order valence-corrected chi connectivity index (χ4v) is 4.06. The molecule has 0 fully saturated rings. The van der Waals surface area contributed by atoms with Crippen LogP contribution in [0.2, 0.25) is 0 Å². The maximum Gasteiger partial charge on any atom is 0.291 e. The van der Waals surface area contributed by atoms with Gasteiger partial charge in [-0.05, 0) is 38.5 Å². The van der Waals surface area contributed by atoms with Crippen LogP contribution in [0.3, 0.4) is 0 Å². The van der Waals surface area contributed by atoms with Crippen molar-refractivity contribution >= 4 is 21.2 Å². The maximum atomic E-state index is 12.8. The Balaban J connectivity index is 2.12. The van der Waals surface area contributed by atoms with Crippen LogP contribution in [0.5, 0.6) is 0 Å². The molecule has 2 aromatic heterocycles. The third kappa shape index (κ3) is 3.12. The number of nitrogens with zero attached hydrogens (tertiary/aromatic N) is 3. The molecule has 2 heterocycles. The average molecular weight is 374 g/mol. The average Bonchev–Trinajstić information content (AvgIpc) is 3.05. The van der Waals surface area contributed by atoms with E-state index < -0.39 is 10.0 Å². The van der Waals surface area contributed by atoms with Crippen molar-refractivity contribution in [2.24, 2.45) is 0 Å². The number of anilines is 1. The standard InChI is InChI=1S/C18H22N4O3S/c1-5-17-19-22(6-2)18(23)16-10-14(11-21(16)17)26(24,25)20-15-8-7-12(3)9-13(15)4/h7-11,20H,5-6H2,1-4H3. The minimum Gasteiger partial charge on any atom is -0.297 e. The van der Waals surface area contributed by atoms with Gasteiger partial charge in [-0.2, -0.15) is 5.10 Å². The van der Waals surface area contributed by atoms with Gasteiger partial charge in [0.1, 0.15) is 16.2 Å². The molecule has 0 aliphatic carbocycles. The molecular weight excluding hydrogens is 352 g/mol. The summed E-state index contributed by atoms with van der Waals surface area (Å²) in [5, 5.41) is 4.29. The summed E-state index contributed by atoms with van der Waals surface area (Å²) in [5.74, 6) is 0.634. The van der Waals surface area contributed by atoms with Gasteiger partial charge < -0.3 is 0 Å². The smallest absolute Gasteiger partial charge is 0.291 e. The summed E-state index contributed by atoms with van der Waals surface area (Å²) in [5.41, 5.74) is 2.41. The van der Waals surface area contributed by atoms with Crippen molar-refractivity contribution in [1.29, 1.82) is 0 Å². The van der Waals surface area contributed by atoms with Gasteiger partial charge in [0.25, 0.3) is 15.6 Å². The molecule has 1 aromatic carbocycles.